The number of hydrogen-bond acceptors (Lipinski definition) is 8. The summed E-state index contributed by atoms with van der Waals surface area (Å²) in [6, 6.07) is 16.4. The molecule has 0 saturated carbocycles. The van der Waals surface area contributed by atoms with Crippen molar-refractivity contribution >= 4 is 29.5 Å². The van der Waals surface area contributed by atoms with E-state index in [-0.39, 0.29) is 32.1 Å². The van der Waals surface area contributed by atoms with Gasteiger partial charge in [-0.05, 0) is 54.4 Å². The number of hydrogen-bond donors (Lipinski definition) is 0. The van der Waals surface area contributed by atoms with Crippen LogP contribution in [0.15, 0.2) is 60.7 Å². The van der Waals surface area contributed by atoms with Crippen molar-refractivity contribution < 1.29 is 38.1 Å². The van der Waals surface area contributed by atoms with E-state index in [4.69, 9.17) is 18.9 Å². The number of fused-ring (bicyclic) bond motifs is 1. The van der Waals surface area contributed by atoms with E-state index in [1.165, 1.54) is 28.4 Å². The molecular formula is C29H32O8. The molecule has 0 aromatic heterocycles. The van der Waals surface area contributed by atoms with Gasteiger partial charge in [-0.15, -0.1) is 0 Å². The highest BCUT2D eigenvalue weighted by Crippen LogP contribution is 2.42. The second-order valence-electron chi connectivity index (χ2n) is 9.06. The summed E-state index contributed by atoms with van der Waals surface area (Å²) in [7, 11) is 4.93. The molecule has 1 aliphatic carbocycles. The molecule has 0 radical (unpaired) electrons. The molecule has 0 bridgehead atoms. The monoisotopic (exact) mass is 508 g/mol. The molecule has 8 nitrogen and oxygen atoms in total. The number of benzene rings is 2. The molecule has 8 heteroatoms. The van der Waals surface area contributed by atoms with Crippen molar-refractivity contribution in [3.05, 3.63) is 77.4 Å². The highest BCUT2D eigenvalue weighted by atomic mass is 16.6. The minimum Gasteiger partial charge on any atom is -0.468 e. The molecule has 0 saturated heterocycles. The summed E-state index contributed by atoms with van der Waals surface area (Å²) in [5.74, 6) is -2.89. The maximum Gasteiger partial charge on any atom is 0.323 e. The molecule has 0 N–H and O–H groups in total. The van der Waals surface area contributed by atoms with Crippen LogP contribution in [0.1, 0.15) is 36.0 Å². The predicted octanol–water partition coefficient (Wildman–Crippen LogP) is 3.70. The van der Waals surface area contributed by atoms with Crippen LogP contribution in [0, 0.1) is 10.8 Å². The van der Waals surface area contributed by atoms with Crippen LogP contribution in [0.25, 0.3) is 5.57 Å². The molecule has 2 aromatic rings. The maximum atomic E-state index is 13.4. The number of ether oxygens (including phenoxy) is 4. The lowest BCUT2D eigenvalue weighted by Gasteiger charge is -2.31. The minimum atomic E-state index is -1.70. The normalized spacial score (nSPS) is 18.0. The Labute approximate surface area is 216 Å². The van der Waals surface area contributed by atoms with Crippen LogP contribution in [0.3, 0.4) is 0 Å². The molecule has 196 valence electrons. The van der Waals surface area contributed by atoms with Gasteiger partial charge in [0.2, 0.25) is 0 Å². The van der Waals surface area contributed by atoms with Gasteiger partial charge in [0.15, 0.2) is 10.8 Å². The summed E-state index contributed by atoms with van der Waals surface area (Å²) in [5, 5.41) is 0. The van der Waals surface area contributed by atoms with E-state index < -0.39 is 34.7 Å². The Morgan fingerprint density at radius 2 is 1.03 bits per heavy atom. The first-order valence-electron chi connectivity index (χ1n) is 11.9. The topological polar surface area (TPSA) is 105 Å². The molecular weight excluding hydrogens is 476 g/mol. The van der Waals surface area contributed by atoms with Gasteiger partial charge in [0.05, 0.1) is 28.4 Å². The molecule has 3 rings (SSSR count). The number of carbonyl (C=O) groups excluding carboxylic acids is 4. The van der Waals surface area contributed by atoms with Gasteiger partial charge in [-0.2, -0.15) is 0 Å². The van der Waals surface area contributed by atoms with E-state index in [1.807, 2.05) is 36.4 Å². The molecule has 0 aliphatic heterocycles. The van der Waals surface area contributed by atoms with E-state index in [1.54, 1.807) is 24.3 Å². The average molecular weight is 509 g/mol. The van der Waals surface area contributed by atoms with Crippen LogP contribution in [0.5, 0.6) is 0 Å². The van der Waals surface area contributed by atoms with Crippen LogP contribution in [0.4, 0.5) is 0 Å². The van der Waals surface area contributed by atoms with Crippen molar-refractivity contribution in [1.29, 1.82) is 0 Å². The van der Waals surface area contributed by atoms with Crippen molar-refractivity contribution in [3.8, 4) is 0 Å². The lowest BCUT2D eigenvalue weighted by atomic mass is 9.73. The smallest absolute Gasteiger partial charge is 0.323 e. The second-order valence-corrected chi connectivity index (χ2v) is 9.06. The summed E-state index contributed by atoms with van der Waals surface area (Å²) in [6.07, 6.45) is 2.11. The van der Waals surface area contributed by atoms with E-state index in [9.17, 15) is 19.2 Å². The quantitative estimate of drug-likeness (QED) is 0.342. The summed E-state index contributed by atoms with van der Waals surface area (Å²) in [6.45, 7) is 0. The Morgan fingerprint density at radius 1 is 0.595 bits per heavy atom. The maximum absolute atomic E-state index is 13.4. The zero-order valence-electron chi connectivity index (χ0n) is 21.6. The molecule has 0 spiro atoms. The van der Waals surface area contributed by atoms with Crippen LogP contribution in [0.2, 0.25) is 0 Å². The molecule has 0 atom stereocenters. The highest BCUT2D eigenvalue weighted by molar-refractivity contribution is 6.02. The molecule has 0 unspecified atom stereocenters. The predicted molar refractivity (Wildman–Crippen MR) is 135 cm³/mol. The average Bonchev–Trinajstić information content (AvgIpc) is 2.97. The third kappa shape index (κ3) is 5.43. The van der Waals surface area contributed by atoms with Gasteiger partial charge in [-0.1, -0.05) is 60.7 Å². The van der Waals surface area contributed by atoms with E-state index in [0.29, 0.717) is 16.7 Å². The van der Waals surface area contributed by atoms with Crippen molar-refractivity contribution in [2.45, 2.75) is 32.1 Å². The van der Waals surface area contributed by atoms with Gasteiger partial charge in [-0.25, -0.2) is 0 Å². The van der Waals surface area contributed by atoms with Gasteiger partial charge in [0, 0.05) is 0 Å². The number of methoxy groups -OCH3 is 4. The van der Waals surface area contributed by atoms with Crippen molar-refractivity contribution in [1.82, 2.24) is 0 Å². The molecule has 37 heavy (non-hydrogen) atoms. The van der Waals surface area contributed by atoms with Crippen LogP contribution < -0.4 is 0 Å². The lowest BCUT2D eigenvalue weighted by Crippen LogP contribution is -2.44. The SMILES string of the molecule is COC(=O)C1(C(=O)OC)CC/C=C(/c2ccccc2)CC(C(=O)OC)(C(=O)OC)Cc2ccccc2C1. The first-order chi connectivity index (χ1) is 17.8. The number of esters is 4. The Bertz CT molecular complexity index is 1150. The Kier molecular flexibility index (Phi) is 8.86. The molecule has 0 fully saturated rings. The number of rotatable bonds is 5. The fourth-order valence-electron chi connectivity index (χ4n) is 5.05. The first kappa shape index (κ1) is 27.6. The summed E-state index contributed by atoms with van der Waals surface area (Å²) >= 11 is 0. The Hall–Kier alpha value is -3.94. The number of allylic oxidation sites excluding steroid dienone is 2. The standard InChI is InChI=1S/C29H32O8/c1-34-24(30)28(25(31)35-2)16-10-15-21(20-11-6-5-7-12-20)18-29(26(32)36-3,27(33)37-4)19-23-14-9-8-13-22(23)17-28/h5-9,11-15H,10,16-19H2,1-4H3/b21-15+. The lowest BCUT2D eigenvalue weighted by molar-refractivity contribution is -0.171. The fourth-order valence-corrected chi connectivity index (χ4v) is 5.05. The largest absolute Gasteiger partial charge is 0.468 e. The summed E-state index contributed by atoms with van der Waals surface area (Å²) in [5.41, 5.74) is -0.650. The molecule has 2 aromatic carbocycles. The van der Waals surface area contributed by atoms with Crippen LogP contribution in [-0.2, 0) is 51.0 Å². The summed E-state index contributed by atoms with van der Waals surface area (Å²) in [4.78, 5) is 53.0. The Balaban J connectivity index is 2.33. The summed E-state index contributed by atoms with van der Waals surface area (Å²) < 4.78 is 20.5. The van der Waals surface area contributed by atoms with Crippen molar-refractivity contribution in [2.24, 2.45) is 10.8 Å². The fraction of sp³-hybridized carbons (Fsp3) is 0.379. The van der Waals surface area contributed by atoms with Crippen molar-refractivity contribution in [3.63, 3.8) is 0 Å². The molecule has 0 amide bonds. The minimum absolute atomic E-state index is 0.00581. The van der Waals surface area contributed by atoms with E-state index in [0.717, 1.165) is 5.56 Å². The first-order valence-corrected chi connectivity index (χ1v) is 11.9. The van der Waals surface area contributed by atoms with E-state index >= 15 is 0 Å². The van der Waals surface area contributed by atoms with Gasteiger partial charge >= 0.3 is 23.9 Å². The zero-order valence-corrected chi connectivity index (χ0v) is 21.6. The third-order valence-electron chi connectivity index (χ3n) is 7.01. The van der Waals surface area contributed by atoms with E-state index in [2.05, 4.69) is 0 Å². The van der Waals surface area contributed by atoms with Crippen LogP contribution >= 0.6 is 0 Å². The highest BCUT2D eigenvalue weighted by Gasteiger charge is 2.52. The molecule has 1 aliphatic rings. The number of carbonyl (C=O) groups is 4. The second kappa shape index (κ2) is 11.9. The molecule has 0 heterocycles. The third-order valence-corrected chi connectivity index (χ3v) is 7.01. The van der Waals surface area contributed by atoms with Gasteiger partial charge in [0.1, 0.15) is 0 Å². The van der Waals surface area contributed by atoms with Crippen LogP contribution in [-0.4, -0.2) is 52.3 Å². The van der Waals surface area contributed by atoms with Gasteiger partial charge < -0.3 is 18.9 Å². The van der Waals surface area contributed by atoms with Crippen molar-refractivity contribution in [2.75, 3.05) is 28.4 Å². The Morgan fingerprint density at radius 3 is 1.51 bits per heavy atom. The van der Waals surface area contributed by atoms with Gasteiger partial charge in [0.25, 0.3) is 0 Å². The van der Waals surface area contributed by atoms with Gasteiger partial charge in [-0.3, -0.25) is 19.2 Å². The zero-order chi connectivity index (χ0) is 27.1.